The molecule has 1 atom stereocenters. The van der Waals surface area contributed by atoms with Crippen LogP contribution in [0.3, 0.4) is 0 Å². The van der Waals surface area contributed by atoms with E-state index in [0.29, 0.717) is 19.4 Å². The predicted octanol–water partition coefficient (Wildman–Crippen LogP) is 16.3. The molecule has 0 heterocycles. The number of hydrogen-bond donors (Lipinski definition) is 0. The van der Waals surface area contributed by atoms with Crippen molar-refractivity contribution in [2.24, 2.45) is 0 Å². The van der Waals surface area contributed by atoms with Gasteiger partial charge in [-0.3, -0.25) is 9.59 Å². The van der Waals surface area contributed by atoms with Gasteiger partial charge in [0.25, 0.3) is 0 Å². The van der Waals surface area contributed by atoms with Crippen LogP contribution in [-0.4, -0.2) is 37.9 Å². The Balaban J connectivity index is 4.33. The van der Waals surface area contributed by atoms with Gasteiger partial charge in [0.05, 0.1) is 6.61 Å². The standard InChI is InChI=1S/C53H92O5/c1-4-7-10-13-16-19-22-24-26-28-30-33-36-39-42-45-48-56-49-51(58-53(55)47-44-41-38-35-31-21-18-15-12-9-6-3)50-57-52(54)46-43-40-37-34-32-29-27-25-23-20-17-14-11-8-5-2/h7,10,15-16,18-19,24-27,30,33,51H,4-6,8-9,11-14,17,20-23,28-29,31-32,34-50H2,1-3H3/b10-7-,18-15-,19-16-,26-24-,27-25-,33-30-. The molecule has 0 fully saturated rings. The number of carbonyl (C=O) groups excluding carboxylic acids is 2. The highest BCUT2D eigenvalue weighted by Crippen LogP contribution is 2.13. The maximum Gasteiger partial charge on any atom is 0.306 e. The topological polar surface area (TPSA) is 61.8 Å². The first kappa shape index (κ1) is 55.3. The number of carbonyl (C=O) groups is 2. The Morgan fingerprint density at radius 3 is 1.31 bits per heavy atom. The van der Waals surface area contributed by atoms with Gasteiger partial charge in [0, 0.05) is 19.4 Å². The van der Waals surface area contributed by atoms with Crippen LogP contribution in [0.1, 0.15) is 226 Å². The van der Waals surface area contributed by atoms with Crippen molar-refractivity contribution in [1.29, 1.82) is 0 Å². The van der Waals surface area contributed by atoms with Gasteiger partial charge in [-0.1, -0.05) is 184 Å². The zero-order valence-corrected chi connectivity index (χ0v) is 38.3. The minimum Gasteiger partial charge on any atom is -0.462 e. The van der Waals surface area contributed by atoms with Crippen molar-refractivity contribution < 1.29 is 23.8 Å². The third-order valence-corrected chi connectivity index (χ3v) is 10.2. The van der Waals surface area contributed by atoms with Crippen LogP contribution in [-0.2, 0) is 23.8 Å². The summed E-state index contributed by atoms with van der Waals surface area (Å²) in [5, 5.41) is 0. The highest BCUT2D eigenvalue weighted by Gasteiger charge is 2.17. The van der Waals surface area contributed by atoms with Crippen molar-refractivity contribution in [2.75, 3.05) is 19.8 Å². The summed E-state index contributed by atoms with van der Waals surface area (Å²) in [5.74, 6) is -0.437. The van der Waals surface area contributed by atoms with E-state index in [4.69, 9.17) is 14.2 Å². The summed E-state index contributed by atoms with van der Waals surface area (Å²) in [5.41, 5.74) is 0. The van der Waals surface area contributed by atoms with Gasteiger partial charge in [-0.05, 0) is 103 Å². The normalized spacial score (nSPS) is 12.8. The zero-order valence-electron chi connectivity index (χ0n) is 38.3. The quantitative estimate of drug-likeness (QED) is 0.0348. The fourth-order valence-corrected chi connectivity index (χ4v) is 6.53. The van der Waals surface area contributed by atoms with E-state index in [-0.39, 0.29) is 25.2 Å². The summed E-state index contributed by atoms with van der Waals surface area (Å²) in [6, 6.07) is 0. The number of rotatable bonds is 44. The van der Waals surface area contributed by atoms with Gasteiger partial charge in [0.15, 0.2) is 6.10 Å². The molecule has 0 saturated carbocycles. The van der Waals surface area contributed by atoms with Gasteiger partial charge in [-0.2, -0.15) is 0 Å². The minimum absolute atomic E-state index is 0.0628. The number of allylic oxidation sites excluding steroid dienone is 12. The maximum atomic E-state index is 12.7. The van der Waals surface area contributed by atoms with Gasteiger partial charge in [0.1, 0.15) is 6.61 Å². The molecule has 0 aromatic carbocycles. The number of hydrogen-bond acceptors (Lipinski definition) is 5. The summed E-state index contributed by atoms with van der Waals surface area (Å²) in [7, 11) is 0. The van der Waals surface area contributed by atoms with Crippen LogP contribution >= 0.6 is 0 Å². The zero-order chi connectivity index (χ0) is 42.1. The number of esters is 2. The van der Waals surface area contributed by atoms with Crippen LogP contribution in [0.25, 0.3) is 0 Å². The third-order valence-electron chi connectivity index (χ3n) is 10.2. The molecule has 0 aromatic heterocycles. The molecule has 0 N–H and O–H groups in total. The minimum atomic E-state index is -0.561. The van der Waals surface area contributed by atoms with Crippen LogP contribution in [0.15, 0.2) is 72.9 Å². The Morgan fingerprint density at radius 1 is 0.397 bits per heavy atom. The van der Waals surface area contributed by atoms with E-state index in [0.717, 1.165) is 103 Å². The van der Waals surface area contributed by atoms with Crippen LogP contribution in [0, 0.1) is 0 Å². The SMILES string of the molecule is CC/C=C\C/C=C\C/C=C\C/C=C\CCCCCOCC(COC(=O)CCCCCCC/C=C\CCCCCCCC)OC(=O)CCCCCCC/C=C\CCCC. The Hall–Kier alpha value is -2.66. The summed E-state index contributed by atoms with van der Waals surface area (Å²) >= 11 is 0. The largest absolute Gasteiger partial charge is 0.462 e. The van der Waals surface area contributed by atoms with Crippen LogP contribution in [0.4, 0.5) is 0 Å². The van der Waals surface area contributed by atoms with E-state index in [9.17, 15) is 9.59 Å². The molecule has 0 amide bonds. The molecule has 0 aromatic rings. The van der Waals surface area contributed by atoms with Crippen LogP contribution < -0.4 is 0 Å². The second-order valence-corrected chi connectivity index (χ2v) is 16.0. The molecule has 0 bridgehead atoms. The fraction of sp³-hybridized carbons (Fsp3) is 0.736. The number of unbranched alkanes of at least 4 members (excludes halogenated alkanes) is 21. The molecule has 0 spiro atoms. The first-order valence-electron chi connectivity index (χ1n) is 24.5. The monoisotopic (exact) mass is 809 g/mol. The molecular formula is C53H92O5. The molecule has 0 saturated heterocycles. The van der Waals surface area contributed by atoms with Crippen molar-refractivity contribution in [1.82, 2.24) is 0 Å². The van der Waals surface area contributed by atoms with E-state index >= 15 is 0 Å². The smallest absolute Gasteiger partial charge is 0.306 e. The van der Waals surface area contributed by atoms with Crippen molar-refractivity contribution in [3.8, 4) is 0 Å². The van der Waals surface area contributed by atoms with E-state index in [1.54, 1.807) is 0 Å². The average molecular weight is 809 g/mol. The van der Waals surface area contributed by atoms with Crippen LogP contribution in [0.5, 0.6) is 0 Å². The van der Waals surface area contributed by atoms with E-state index in [1.807, 2.05) is 0 Å². The third kappa shape index (κ3) is 46.0. The molecule has 0 aliphatic rings. The lowest BCUT2D eigenvalue weighted by Crippen LogP contribution is -2.30. The Bertz CT molecular complexity index is 1050. The predicted molar refractivity (Wildman–Crippen MR) is 251 cm³/mol. The second kappa shape index (κ2) is 48.7. The summed E-state index contributed by atoms with van der Waals surface area (Å²) in [6.07, 6.45) is 61.9. The van der Waals surface area contributed by atoms with Crippen molar-refractivity contribution in [3.63, 3.8) is 0 Å². The first-order chi connectivity index (χ1) is 28.6. The average Bonchev–Trinajstić information content (AvgIpc) is 3.22. The molecule has 0 radical (unpaired) electrons. The summed E-state index contributed by atoms with van der Waals surface area (Å²) in [4.78, 5) is 25.3. The number of ether oxygens (including phenoxy) is 3. The molecule has 5 heteroatoms. The van der Waals surface area contributed by atoms with Gasteiger partial charge < -0.3 is 14.2 Å². The van der Waals surface area contributed by atoms with Gasteiger partial charge >= 0.3 is 11.9 Å². The highest BCUT2D eigenvalue weighted by atomic mass is 16.6. The first-order valence-corrected chi connectivity index (χ1v) is 24.5. The summed E-state index contributed by atoms with van der Waals surface area (Å²) in [6.45, 7) is 7.59. The molecule has 0 rings (SSSR count). The van der Waals surface area contributed by atoms with Crippen LogP contribution in [0.2, 0.25) is 0 Å². The maximum absolute atomic E-state index is 12.7. The highest BCUT2D eigenvalue weighted by molar-refractivity contribution is 5.70. The van der Waals surface area contributed by atoms with E-state index in [2.05, 4.69) is 93.7 Å². The van der Waals surface area contributed by atoms with E-state index < -0.39 is 6.10 Å². The molecule has 5 nitrogen and oxygen atoms in total. The van der Waals surface area contributed by atoms with Crippen molar-refractivity contribution in [2.45, 2.75) is 232 Å². The Labute approximate surface area is 359 Å². The lowest BCUT2D eigenvalue weighted by atomic mass is 10.1. The molecule has 334 valence electrons. The van der Waals surface area contributed by atoms with Gasteiger partial charge in [0.2, 0.25) is 0 Å². The van der Waals surface area contributed by atoms with E-state index in [1.165, 1.54) is 89.9 Å². The second-order valence-electron chi connectivity index (χ2n) is 16.0. The lowest BCUT2D eigenvalue weighted by molar-refractivity contribution is -0.163. The van der Waals surface area contributed by atoms with Crippen molar-refractivity contribution in [3.05, 3.63) is 72.9 Å². The molecule has 1 unspecified atom stereocenters. The summed E-state index contributed by atoms with van der Waals surface area (Å²) < 4.78 is 17.3. The fourth-order valence-electron chi connectivity index (χ4n) is 6.53. The van der Waals surface area contributed by atoms with Gasteiger partial charge in [-0.15, -0.1) is 0 Å². The molecule has 0 aliphatic heterocycles. The molecular weight excluding hydrogens is 717 g/mol. The lowest BCUT2D eigenvalue weighted by Gasteiger charge is -2.18. The van der Waals surface area contributed by atoms with Crippen molar-refractivity contribution >= 4 is 11.9 Å². The Kier molecular flexibility index (Phi) is 46.5. The molecule has 58 heavy (non-hydrogen) atoms. The molecule has 0 aliphatic carbocycles. The Morgan fingerprint density at radius 2 is 0.793 bits per heavy atom. The van der Waals surface area contributed by atoms with Gasteiger partial charge in [-0.25, -0.2) is 0 Å².